The van der Waals surface area contributed by atoms with Gasteiger partial charge in [0.2, 0.25) is 11.9 Å². The van der Waals surface area contributed by atoms with Gasteiger partial charge in [-0.05, 0) is 75.1 Å². The minimum absolute atomic E-state index is 0.0580. The van der Waals surface area contributed by atoms with Crippen LogP contribution in [-0.2, 0) is 0 Å². The molecule has 5 rings (SSSR count). The van der Waals surface area contributed by atoms with Gasteiger partial charge in [0.05, 0.1) is 17.9 Å². The smallest absolute Gasteiger partial charge is 0.260 e. The van der Waals surface area contributed by atoms with E-state index in [-0.39, 0.29) is 37.2 Å². The first-order chi connectivity index (χ1) is 17.8. The van der Waals surface area contributed by atoms with E-state index in [9.17, 15) is 13.6 Å². The van der Waals surface area contributed by atoms with Crippen molar-refractivity contribution in [2.75, 3.05) is 40.4 Å². The van der Waals surface area contributed by atoms with E-state index in [1.54, 1.807) is 0 Å². The number of aliphatic hydroxyl groups excluding tert-OH is 1. The Balaban J connectivity index is 1.35. The average molecular weight is 532 g/mol. The van der Waals surface area contributed by atoms with E-state index in [1.165, 1.54) is 24.8 Å². The van der Waals surface area contributed by atoms with Crippen LogP contribution in [0.5, 0.6) is 0 Å². The number of amides is 1. The first-order valence-electron chi connectivity index (χ1n) is 13.2. The van der Waals surface area contributed by atoms with Crippen LogP contribution >= 0.6 is 11.9 Å². The average Bonchev–Trinajstić information content (AvgIpc) is 3.62. The number of carbonyl (C=O) groups excluding carboxylic acids is 1. The van der Waals surface area contributed by atoms with Gasteiger partial charge < -0.3 is 14.7 Å². The predicted octanol–water partition coefficient (Wildman–Crippen LogP) is 5.76. The first kappa shape index (κ1) is 26.2. The Labute approximate surface area is 221 Å². The molecule has 3 N–H and O–H groups in total. The van der Waals surface area contributed by atoms with Crippen LogP contribution in [0, 0.1) is 12.3 Å². The van der Waals surface area contributed by atoms with E-state index in [2.05, 4.69) is 24.9 Å². The Bertz CT molecular complexity index is 1120. The molecule has 7 nitrogen and oxygen atoms in total. The van der Waals surface area contributed by atoms with Crippen LogP contribution in [0.25, 0.3) is 0 Å². The van der Waals surface area contributed by atoms with Crippen molar-refractivity contribution in [3.8, 4) is 0 Å². The topological polar surface area (TPSA) is 90.4 Å². The van der Waals surface area contributed by atoms with Gasteiger partial charge in [0, 0.05) is 54.7 Å². The Morgan fingerprint density at radius 2 is 1.84 bits per heavy atom. The van der Waals surface area contributed by atoms with Gasteiger partial charge in [-0.3, -0.25) is 10.1 Å². The minimum atomic E-state index is -2.60. The molecule has 2 aliphatic carbocycles. The molecule has 1 aromatic carbocycles. The summed E-state index contributed by atoms with van der Waals surface area (Å²) in [5.41, 5.74) is 4.22. The maximum Gasteiger partial charge on any atom is 0.260 e. The van der Waals surface area contributed by atoms with Gasteiger partial charge in [-0.1, -0.05) is 11.9 Å². The van der Waals surface area contributed by atoms with Crippen molar-refractivity contribution >= 4 is 35.2 Å². The van der Waals surface area contributed by atoms with E-state index in [0.717, 1.165) is 37.3 Å². The highest BCUT2D eigenvalue weighted by Crippen LogP contribution is 2.54. The number of rotatable bonds is 8. The molecular formula is C27H35F2N5O2S. The summed E-state index contributed by atoms with van der Waals surface area (Å²) in [7, 11) is 0. The van der Waals surface area contributed by atoms with Crippen molar-refractivity contribution in [2.24, 2.45) is 5.41 Å². The number of carbonyl (C=O) groups is 1. The molecule has 1 saturated heterocycles. The number of benzene rings is 1. The third-order valence-electron chi connectivity index (χ3n) is 7.98. The summed E-state index contributed by atoms with van der Waals surface area (Å²) in [5, 5.41) is 12.0. The van der Waals surface area contributed by atoms with Gasteiger partial charge >= 0.3 is 0 Å². The van der Waals surface area contributed by atoms with Gasteiger partial charge in [-0.15, -0.1) is 0 Å². The molecule has 0 atom stereocenters. The lowest BCUT2D eigenvalue weighted by Gasteiger charge is -2.35. The Morgan fingerprint density at radius 1 is 1.11 bits per heavy atom. The fourth-order valence-electron chi connectivity index (χ4n) is 5.49. The van der Waals surface area contributed by atoms with Crippen molar-refractivity contribution in [3.05, 3.63) is 41.2 Å². The van der Waals surface area contributed by atoms with Crippen LogP contribution < -0.4 is 14.9 Å². The van der Waals surface area contributed by atoms with Gasteiger partial charge in [-0.2, -0.15) is 0 Å². The summed E-state index contributed by atoms with van der Waals surface area (Å²) in [6.07, 6.45) is 5.35. The minimum Gasteiger partial charge on any atom is -0.395 e. The highest BCUT2D eigenvalue weighted by molar-refractivity contribution is 8.00. The molecule has 10 heteroatoms. The zero-order valence-electron chi connectivity index (χ0n) is 21.2. The first-order valence-corrected chi connectivity index (χ1v) is 14.2. The maximum atomic E-state index is 13.7. The van der Waals surface area contributed by atoms with E-state index in [0.29, 0.717) is 41.0 Å². The number of alkyl halides is 2. The molecule has 3 aliphatic rings. The van der Waals surface area contributed by atoms with E-state index in [1.807, 2.05) is 31.2 Å². The quantitative estimate of drug-likeness (QED) is 0.295. The lowest BCUT2D eigenvalue weighted by Crippen LogP contribution is -2.35. The summed E-state index contributed by atoms with van der Waals surface area (Å²) in [4.78, 5) is 24.8. The Kier molecular flexibility index (Phi) is 7.58. The van der Waals surface area contributed by atoms with Gasteiger partial charge in [-0.25, -0.2) is 18.7 Å². The Morgan fingerprint density at radius 3 is 2.51 bits per heavy atom. The van der Waals surface area contributed by atoms with Gasteiger partial charge in [0.25, 0.3) is 5.91 Å². The molecule has 3 fully saturated rings. The highest BCUT2D eigenvalue weighted by atomic mass is 32.2. The lowest BCUT2D eigenvalue weighted by molar-refractivity contribution is -0.0384. The molecular weight excluding hydrogens is 496 g/mol. The van der Waals surface area contributed by atoms with E-state index < -0.39 is 5.92 Å². The molecule has 1 aromatic heterocycles. The molecule has 2 saturated carbocycles. The summed E-state index contributed by atoms with van der Waals surface area (Å²) in [6.45, 7) is 3.73. The van der Waals surface area contributed by atoms with Crippen molar-refractivity contribution < 1.29 is 18.7 Å². The predicted molar refractivity (Wildman–Crippen MR) is 144 cm³/mol. The molecule has 0 bridgehead atoms. The number of aryl methyl sites for hydroxylation is 1. The van der Waals surface area contributed by atoms with Crippen molar-refractivity contribution in [3.63, 3.8) is 0 Å². The molecule has 200 valence electrons. The SMILES string of the molecule is Cc1cc(C2CCC(F)(F)CC2)nc(NC(=O)c2ccc(NSCCO)cc2N2CCC3(CC2)CC3)n1. The number of aliphatic hydroxyl groups is 1. The van der Waals surface area contributed by atoms with Crippen molar-refractivity contribution in [1.82, 2.24) is 9.97 Å². The normalized spacial score (nSPS) is 20.6. The van der Waals surface area contributed by atoms with Gasteiger partial charge in [0.15, 0.2) is 0 Å². The second-order valence-corrected chi connectivity index (χ2v) is 11.6. The molecule has 1 spiro atoms. The molecule has 2 heterocycles. The van der Waals surface area contributed by atoms with Gasteiger partial charge in [0.1, 0.15) is 0 Å². The lowest BCUT2D eigenvalue weighted by atomic mass is 9.84. The van der Waals surface area contributed by atoms with Crippen LogP contribution in [0.4, 0.5) is 26.1 Å². The number of hydrogen-bond donors (Lipinski definition) is 3. The molecule has 37 heavy (non-hydrogen) atoms. The fraction of sp³-hybridized carbons (Fsp3) is 0.593. The largest absolute Gasteiger partial charge is 0.395 e. The van der Waals surface area contributed by atoms with Crippen molar-refractivity contribution in [2.45, 2.75) is 70.1 Å². The molecule has 1 aliphatic heterocycles. The number of anilines is 3. The number of nitrogens with one attached hydrogen (secondary N) is 2. The maximum absolute atomic E-state index is 13.7. The number of hydrogen-bond acceptors (Lipinski definition) is 7. The second kappa shape index (κ2) is 10.7. The number of halogens is 2. The van der Waals surface area contributed by atoms with Crippen molar-refractivity contribution in [1.29, 1.82) is 0 Å². The molecule has 0 radical (unpaired) electrons. The zero-order valence-corrected chi connectivity index (χ0v) is 22.0. The summed E-state index contributed by atoms with van der Waals surface area (Å²) in [6, 6.07) is 7.50. The van der Waals surface area contributed by atoms with E-state index in [4.69, 9.17) is 5.11 Å². The summed E-state index contributed by atoms with van der Waals surface area (Å²) >= 11 is 1.42. The van der Waals surface area contributed by atoms with Crippen LogP contribution in [0.1, 0.15) is 79.0 Å². The molecule has 2 aromatic rings. The van der Waals surface area contributed by atoms with Crippen LogP contribution in [-0.4, -0.2) is 52.4 Å². The number of aromatic nitrogens is 2. The van der Waals surface area contributed by atoms with Crippen LogP contribution in [0.3, 0.4) is 0 Å². The summed E-state index contributed by atoms with van der Waals surface area (Å²) in [5.74, 6) is -2.17. The number of nitrogens with zero attached hydrogens (tertiary/aromatic N) is 3. The molecule has 1 amide bonds. The van der Waals surface area contributed by atoms with Crippen LogP contribution in [0.15, 0.2) is 24.3 Å². The van der Waals surface area contributed by atoms with E-state index >= 15 is 0 Å². The third kappa shape index (κ3) is 6.34. The highest BCUT2D eigenvalue weighted by Gasteiger charge is 2.44. The van der Waals surface area contributed by atoms with Crippen LogP contribution in [0.2, 0.25) is 0 Å². The summed E-state index contributed by atoms with van der Waals surface area (Å²) < 4.78 is 30.6. The standard InChI is InChI=1S/C27H35F2N5O2S/c1-18-16-22(19-4-6-27(28,29)7-5-19)31-25(30-18)32-24(36)21-3-2-20(33-37-15-14-35)17-23(21)34-12-10-26(8-9-26)11-13-34/h2-3,16-17,19,33,35H,4-15H2,1H3,(H,30,31,32,36). The number of piperidine rings is 1. The Hall–Kier alpha value is -2.46. The third-order valence-corrected chi connectivity index (χ3v) is 8.75. The monoisotopic (exact) mass is 531 g/mol. The fourth-order valence-corrected chi connectivity index (χ4v) is 5.98. The zero-order chi connectivity index (χ0) is 26.0. The second-order valence-electron chi connectivity index (χ2n) is 10.7. The molecule has 0 unspecified atom stereocenters.